The molecule has 1 saturated heterocycles. The van der Waals surface area contributed by atoms with E-state index in [0.29, 0.717) is 6.54 Å². The number of hydrogen-bond acceptors (Lipinski definition) is 10. The van der Waals surface area contributed by atoms with Gasteiger partial charge >= 0.3 is 6.03 Å². The maximum Gasteiger partial charge on any atom is 0.324 e. The van der Waals surface area contributed by atoms with Crippen molar-refractivity contribution in [2.75, 3.05) is 30.3 Å². The molecule has 0 spiro atoms. The van der Waals surface area contributed by atoms with Gasteiger partial charge in [0.05, 0.1) is 12.0 Å². The van der Waals surface area contributed by atoms with Gasteiger partial charge in [-0.05, 0) is 19.1 Å². The molecule has 16 heteroatoms. The first kappa shape index (κ1) is 26.6. The quantitative estimate of drug-likeness (QED) is 0.242. The lowest BCUT2D eigenvalue weighted by Gasteiger charge is -2.18. The van der Waals surface area contributed by atoms with Crippen molar-refractivity contribution in [3.05, 3.63) is 49.1 Å². The van der Waals surface area contributed by atoms with Crippen LogP contribution in [-0.2, 0) is 19.6 Å². The molecular formula is C23H26N8O7S. The molecule has 15 nitrogen and oxygen atoms in total. The van der Waals surface area contributed by atoms with Crippen LogP contribution in [0.1, 0.15) is 13.2 Å². The Hall–Kier alpha value is -3.96. The Kier molecular flexibility index (Phi) is 7.28. The van der Waals surface area contributed by atoms with Crippen LogP contribution in [0.5, 0.6) is 0 Å². The Morgan fingerprint density at radius 3 is 2.56 bits per heavy atom. The Morgan fingerprint density at radius 2 is 1.82 bits per heavy atom. The Balaban J connectivity index is 1.36. The number of aromatic nitrogens is 4. The second kappa shape index (κ2) is 10.7. The molecule has 0 aliphatic carbocycles. The first-order chi connectivity index (χ1) is 18.7. The number of aliphatic hydroxyl groups excluding tert-OH is 2. The number of ether oxygens (including phenoxy) is 1. The van der Waals surface area contributed by atoms with Crippen molar-refractivity contribution in [3.63, 3.8) is 0 Å². The summed E-state index contributed by atoms with van der Waals surface area (Å²) in [6, 6.07) is 5.25. The van der Waals surface area contributed by atoms with E-state index in [2.05, 4.69) is 30.9 Å². The Labute approximate surface area is 222 Å². The van der Waals surface area contributed by atoms with Crippen molar-refractivity contribution in [1.82, 2.24) is 29.1 Å². The molecule has 39 heavy (non-hydrogen) atoms. The van der Waals surface area contributed by atoms with Gasteiger partial charge in [0.25, 0.3) is 5.91 Å². The predicted octanol–water partition coefficient (Wildman–Crippen LogP) is -0.214. The zero-order valence-corrected chi connectivity index (χ0v) is 21.4. The number of carbonyl (C=O) groups excluding carboxylic acids is 2. The van der Waals surface area contributed by atoms with Crippen molar-refractivity contribution in [1.29, 1.82) is 0 Å². The van der Waals surface area contributed by atoms with E-state index in [1.807, 2.05) is 0 Å². The normalized spacial score (nSPS) is 23.3. The van der Waals surface area contributed by atoms with Gasteiger partial charge in [0.15, 0.2) is 29.3 Å². The van der Waals surface area contributed by atoms with Crippen LogP contribution in [0.2, 0.25) is 0 Å². The van der Waals surface area contributed by atoms with Crippen LogP contribution in [0, 0.1) is 0 Å². The molecule has 1 aromatic carbocycles. The number of benzene rings is 1. The summed E-state index contributed by atoms with van der Waals surface area (Å²) in [5, 5.41) is 28.5. The summed E-state index contributed by atoms with van der Waals surface area (Å²) in [7, 11) is -3.85. The SMILES string of the molecule is CCNC(=O)[C@H]1O[C@@H](n2cnc3c(NC(=O)Nc4ccccc4S(=O)(=O)N4CC=CC4)ncnc32)[C@H](O)[C@@H]1O. The van der Waals surface area contributed by atoms with Crippen LogP contribution in [0.4, 0.5) is 16.3 Å². The first-order valence-electron chi connectivity index (χ1n) is 12.0. The fraction of sp³-hybridized carbons (Fsp3) is 0.348. The minimum atomic E-state index is -3.85. The van der Waals surface area contributed by atoms with Crippen LogP contribution in [-0.4, -0.2) is 92.3 Å². The van der Waals surface area contributed by atoms with E-state index in [-0.39, 0.29) is 40.7 Å². The van der Waals surface area contributed by atoms with Crippen LogP contribution < -0.4 is 16.0 Å². The number of sulfonamides is 1. The maximum atomic E-state index is 13.1. The van der Waals surface area contributed by atoms with Crippen molar-refractivity contribution in [3.8, 4) is 0 Å². The standard InChI is InChI=1S/C23H26N8O7S/c1-2-24-21(34)18-16(32)17(33)22(38-18)31-12-27-15-19(25-11-26-20(15)31)29-23(35)28-13-7-3-4-8-14(13)39(36,37)30-9-5-6-10-30/h3-8,11-12,16-18,22,32-33H,2,9-10H2,1H3,(H,24,34)(H2,25,26,28,29,35)/t16-,17+,18-,22+/m0/s1. The first-order valence-corrected chi connectivity index (χ1v) is 13.5. The Morgan fingerprint density at radius 1 is 1.08 bits per heavy atom. The number of urea groups is 1. The lowest BCUT2D eigenvalue weighted by molar-refractivity contribution is -0.137. The van der Waals surface area contributed by atoms with Gasteiger partial charge in [0.2, 0.25) is 10.0 Å². The summed E-state index contributed by atoms with van der Waals surface area (Å²) in [5.41, 5.74) is 0.353. The third-order valence-electron chi connectivity index (χ3n) is 6.25. The predicted molar refractivity (Wildman–Crippen MR) is 137 cm³/mol. The van der Waals surface area contributed by atoms with Gasteiger partial charge in [0, 0.05) is 19.6 Å². The van der Waals surface area contributed by atoms with Crippen LogP contribution in [0.3, 0.4) is 0 Å². The number of nitrogens with zero attached hydrogens (tertiary/aromatic N) is 5. The highest BCUT2D eigenvalue weighted by molar-refractivity contribution is 7.89. The number of imidazole rings is 1. The zero-order valence-electron chi connectivity index (χ0n) is 20.6. The van der Waals surface area contributed by atoms with Gasteiger partial charge in [-0.25, -0.2) is 28.2 Å². The molecule has 3 amide bonds. The van der Waals surface area contributed by atoms with Crippen LogP contribution >= 0.6 is 0 Å². The average Bonchev–Trinajstić information content (AvgIpc) is 3.66. The molecule has 0 bridgehead atoms. The topological polar surface area (TPSA) is 201 Å². The highest BCUT2D eigenvalue weighted by Crippen LogP contribution is 2.32. The van der Waals surface area contributed by atoms with Crippen molar-refractivity contribution < 1.29 is 33.0 Å². The van der Waals surface area contributed by atoms with Crippen LogP contribution in [0.15, 0.2) is 54.0 Å². The molecule has 2 aromatic heterocycles. The number of amides is 3. The molecule has 0 radical (unpaired) electrons. The summed E-state index contributed by atoms with van der Waals surface area (Å²) in [5.74, 6) is -0.582. The van der Waals surface area contributed by atoms with Crippen LogP contribution in [0.25, 0.3) is 11.2 Å². The summed E-state index contributed by atoms with van der Waals surface area (Å²) in [6.45, 7) is 2.51. The number of rotatable bonds is 7. The molecule has 3 aromatic rings. The number of nitrogens with one attached hydrogen (secondary N) is 3. The number of carbonyl (C=O) groups is 2. The molecule has 0 saturated carbocycles. The van der Waals surface area contributed by atoms with E-state index < -0.39 is 46.5 Å². The molecule has 2 aliphatic heterocycles. The van der Waals surface area contributed by atoms with E-state index in [1.165, 1.54) is 27.3 Å². The molecule has 4 heterocycles. The van der Waals surface area contributed by atoms with Gasteiger partial charge in [0.1, 0.15) is 23.4 Å². The molecule has 1 fully saturated rings. The van der Waals surface area contributed by atoms with E-state index in [0.717, 1.165) is 6.33 Å². The summed E-state index contributed by atoms with van der Waals surface area (Å²) >= 11 is 0. The van der Waals surface area contributed by atoms with Gasteiger partial charge in [-0.2, -0.15) is 4.31 Å². The number of aliphatic hydroxyl groups is 2. The third kappa shape index (κ3) is 4.95. The molecular weight excluding hydrogens is 532 g/mol. The summed E-state index contributed by atoms with van der Waals surface area (Å²) in [6.07, 6.45) is 0.465. The largest absolute Gasteiger partial charge is 0.387 e. The average molecular weight is 559 g/mol. The molecule has 4 atom stereocenters. The van der Waals surface area contributed by atoms with Gasteiger partial charge < -0.3 is 25.6 Å². The number of para-hydroxylation sites is 1. The van der Waals surface area contributed by atoms with Crippen molar-refractivity contribution in [2.24, 2.45) is 0 Å². The second-order valence-corrected chi connectivity index (χ2v) is 10.6. The fourth-order valence-corrected chi connectivity index (χ4v) is 5.85. The lowest BCUT2D eigenvalue weighted by Crippen LogP contribution is -2.42. The van der Waals surface area contributed by atoms with E-state index in [4.69, 9.17) is 4.74 Å². The second-order valence-electron chi connectivity index (χ2n) is 8.74. The highest BCUT2D eigenvalue weighted by Gasteiger charge is 2.47. The highest BCUT2D eigenvalue weighted by atomic mass is 32.2. The van der Waals surface area contributed by atoms with Crippen molar-refractivity contribution in [2.45, 2.75) is 36.4 Å². The monoisotopic (exact) mass is 558 g/mol. The minimum Gasteiger partial charge on any atom is -0.387 e. The summed E-state index contributed by atoms with van der Waals surface area (Å²) < 4.78 is 34.3. The zero-order chi connectivity index (χ0) is 27.7. The summed E-state index contributed by atoms with van der Waals surface area (Å²) in [4.78, 5) is 37.4. The maximum absolute atomic E-state index is 13.1. The van der Waals surface area contributed by atoms with Gasteiger partial charge in [-0.15, -0.1) is 0 Å². The fourth-order valence-electron chi connectivity index (χ4n) is 4.36. The smallest absolute Gasteiger partial charge is 0.324 e. The third-order valence-corrected chi connectivity index (χ3v) is 8.14. The number of hydrogen-bond donors (Lipinski definition) is 5. The van der Waals surface area contributed by atoms with E-state index in [9.17, 15) is 28.2 Å². The lowest BCUT2D eigenvalue weighted by atomic mass is 10.1. The van der Waals surface area contributed by atoms with E-state index >= 15 is 0 Å². The molecule has 5 N–H and O–H groups in total. The molecule has 2 aliphatic rings. The van der Waals surface area contributed by atoms with Gasteiger partial charge in [-0.3, -0.25) is 14.7 Å². The van der Waals surface area contributed by atoms with Crippen molar-refractivity contribution >= 4 is 44.6 Å². The number of likely N-dealkylation sites (N-methyl/N-ethyl adjacent to an activating group) is 1. The molecule has 206 valence electrons. The number of fused-ring (bicyclic) bond motifs is 1. The molecule has 5 rings (SSSR count). The minimum absolute atomic E-state index is 0.00589. The van der Waals surface area contributed by atoms with Gasteiger partial charge in [-0.1, -0.05) is 24.3 Å². The number of anilines is 2. The van der Waals surface area contributed by atoms with E-state index in [1.54, 1.807) is 31.2 Å². The molecule has 0 unspecified atom stereocenters. The Bertz CT molecular complexity index is 1530.